The summed E-state index contributed by atoms with van der Waals surface area (Å²) in [5, 5.41) is 6.56. The fourth-order valence-electron chi connectivity index (χ4n) is 3.45. The lowest BCUT2D eigenvalue weighted by Crippen LogP contribution is -2.48. The van der Waals surface area contributed by atoms with Crippen molar-refractivity contribution in [2.24, 2.45) is 11.8 Å². The lowest BCUT2D eigenvalue weighted by atomic mass is 9.85. The molecule has 2 unspecified atom stereocenters. The SMILES string of the molecule is CC1(C)C2CNCC2CN1CC(=O)NC1CC1. The van der Waals surface area contributed by atoms with Crippen LogP contribution < -0.4 is 10.6 Å². The Hall–Kier alpha value is -0.610. The summed E-state index contributed by atoms with van der Waals surface area (Å²) >= 11 is 0. The van der Waals surface area contributed by atoms with Crippen molar-refractivity contribution < 1.29 is 4.79 Å². The molecule has 3 rings (SSSR count). The number of nitrogens with zero attached hydrogens (tertiary/aromatic N) is 1. The molecule has 0 aromatic rings. The maximum Gasteiger partial charge on any atom is 0.234 e. The molecule has 1 aliphatic carbocycles. The first-order valence-corrected chi connectivity index (χ1v) is 6.82. The maximum atomic E-state index is 11.9. The Morgan fingerprint density at radius 2 is 2.18 bits per heavy atom. The molecule has 0 radical (unpaired) electrons. The van der Waals surface area contributed by atoms with Crippen molar-refractivity contribution in [3.63, 3.8) is 0 Å². The third kappa shape index (κ3) is 2.08. The number of carbonyl (C=O) groups excluding carboxylic acids is 1. The first kappa shape index (κ1) is 11.5. The van der Waals surface area contributed by atoms with Crippen LogP contribution in [-0.2, 0) is 4.79 Å². The second-order valence-electron chi connectivity index (χ2n) is 6.40. The summed E-state index contributed by atoms with van der Waals surface area (Å²) in [6, 6.07) is 0.481. The maximum absolute atomic E-state index is 11.9. The lowest BCUT2D eigenvalue weighted by Gasteiger charge is -2.35. The van der Waals surface area contributed by atoms with Crippen molar-refractivity contribution in [2.75, 3.05) is 26.2 Å². The van der Waals surface area contributed by atoms with E-state index in [4.69, 9.17) is 0 Å². The molecule has 3 fully saturated rings. The van der Waals surface area contributed by atoms with Crippen LogP contribution in [0.15, 0.2) is 0 Å². The predicted octanol–water partition coefficient (Wildman–Crippen LogP) is 0.195. The summed E-state index contributed by atoms with van der Waals surface area (Å²) in [5.41, 5.74) is 0.162. The van der Waals surface area contributed by atoms with Gasteiger partial charge < -0.3 is 10.6 Å². The zero-order valence-corrected chi connectivity index (χ0v) is 10.8. The fraction of sp³-hybridized carbons (Fsp3) is 0.923. The smallest absolute Gasteiger partial charge is 0.234 e. The van der Waals surface area contributed by atoms with Crippen LogP contribution in [0.5, 0.6) is 0 Å². The number of hydrogen-bond acceptors (Lipinski definition) is 3. The molecule has 2 aliphatic heterocycles. The molecule has 1 amide bonds. The minimum absolute atomic E-state index is 0.162. The van der Waals surface area contributed by atoms with Crippen molar-refractivity contribution in [1.82, 2.24) is 15.5 Å². The Morgan fingerprint density at radius 3 is 2.82 bits per heavy atom. The van der Waals surface area contributed by atoms with E-state index in [1.54, 1.807) is 0 Å². The summed E-state index contributed by atoms with van der Waals surface area (Å²) in [6.07, 6.45) is 2.34. The molecule has 0 bridgehead atoms. The second kappa shape index (κ2) is 3.95. The van der Waals surface area contributed by atoms with Gasteiger partial charge in [0.2, 0.25) is 5.91 Å². The van der Waals surface area contributed by atoms with Crippen molar-refractivity contribution >= 4 is 5.91 Å². The molecule has 96 valence electrons. The molecule has 4 nitrogen and oxygen atoms in total. The van der Waals surface area contributed by atoms with E-state index in [9.17, 15) is 4.79 Å². The van der Waals surface area contributed by atoms with Gasteiger partial charge in [-0.05, 0) is 45.1 Å². The number of carbonyl (C=O) groups is 1. The van der Waals surface area contributed by atoms with Gasteiger partial charge in [0, 0.05) is 24.7 Å². The number of amides is 1. The van der Waals surface area contributed by atoms with E-state index in [0.29, 0.717) is 18.5 Å². The third-order valence-electron chi connectivity index (χ3n) is 4.79. The Bertz CT molecular complexity index is 325. The van der Waals surface area contributed by atoms with Crippen LogP contribution >= 0.6 is 0 Å². The second-order valence-corrected chi connectivity index (χ2v) is 6.40. The van der Waals surface area contributed by atoms with E-state index < -0.39 is 0 Å². The van der Waals surface area contributed by atoms with E-state index in [-0.39, 0.29) is 11.4 Å². The van der Waals surface area contributed by atoms with Crippen LogP contribution in [-0.4, -0.2) is 48.6 Å². The first-order chi connectivity index (χ1) is 8.07. The van der Waals surface area contributed by atoms with Crippen molar-refractivity contribution in [1.29, 1.82) is 0 Å². The van der Waals surface area contributed by atoms with Crippen molar-refractivity contribution in [3.05, 3.63) is 0 Å². The van der Waals surface area contributed by atoms with E-state index in [2.05, 4.69) is 29.4 Å². The monoisotopic (exact) mass is 237 g/mol. The van der Waals surface area contributed by atoms with Crippen LogP contribution in [0.2, 0.25) is 0 Å². The number of nitrogens with one attached hydrogen (secondary N) is 2. The average Bonchev–Trinajstić information content (AvgIpc) is 2.87. The van der Waals surface area contributed by atoms with Gasteiger partial charge in [0.05, 0.1) is 6.54 Å². The van der Waals surface area contributed by atoms with Gasteiger partial charge in [-0.25, -0.2) is 0 Å². The van der Waals surface area contributed by atoms with Crippen molar-refractivity contribution in [2.45, 2.75) is 38.3 Å². The third-order valence-corrected chi connectivity index (χ3v) is 4.79. The zero-order chi connectivity index (χ0) is 12.0. The topological polar surface area (TPSA) is 44.4 Å². The van der Waals surface area contributed by atoms with Crippen LogP contribution in [0.3, 0.4) is 0 Å². The highest BCUT2D eigenvalue weighted by molar-refractivity contribution is 5.78. The molecule has 0 aromatic carbocycles. The van der Waals surface area contributed by atoms with Gasteiger partial charge in [0.25, 0.3) is 0 Å². The number of rotatable bonds is 3. The highest BCUT2D eigenvalue weighted by Crippen LogP contribution is 2.40. The molecule has 0 spiro atoms. The van der Waals surface area contributed by atoms with E-state index in [0.717, 1.165) is 25.6 Å². The molecule has 2 N–H and O–H groups in total. The summed E-state index contributed by atoms with van der Waals surface area (Å²) < 4.78 is 0. The molecule has 17 heavy (non-hydrogen) atoms. The normalized spacial score (nSPS) is 35.9. The molecule has 2 saturated heterocycles. The standard InChI is InChI=1S/C13H23N3O/c1-13(2)11-6-14-5-9(11)7-16(13)8-12(17)15-10-3-4-10/h9-11,14H,3-8H2,1-2H3,(H,15,17). The molecule has 4 heteroatoms. The lowest BCUT2D eigenvalue weighted by molar-refractivity contribution is -0.123. The van der Waals surface area contributed by atoms with Gasteiger partial charge in [0.15, 0.2) is 0 Å². The summed E-state index contributed by atoms with van der Waals surface area (Å²) in [7, 11) is 0. The molecule has 2 atom stereocenters. The van der Waals surface area contributed by atoms with Gasteiger partial charge in [-0.1, -0.05) is 0 Å². The molecular weight excluding hydrogens is 214 g/mol. The molecule has 1 saturated carbocycles. The number of fused-ring (bicyclic) bond motifs is 1. The molecule has 2 heterocycles. The van der Waals surface area contributed by atoms with E-state index >= 15 is 0 Å². The van der Waals surface area contributed by atoms with Crippen LogP contribution in [0.4, 0.5) is 0 Å². The highest BCUT2D eigenvalue weighted by Gasteiger charge is 2.49. The Balaban J connectivity index is 1.61. The van der Waals surface area contributed by atoms with Gasteiger partial charge in [-0.2, -0.15) is 0 Å². The predicted molar refractivity (Wildman–Crippen MR) is 66.7 cm³/mol. The molecule has 0 aromatic heterocycles. The summed E-state index contributed by atoms with van der Waals surface area (Å²) in [5.74, 6) is 1.66. The largest absolute Gasteiger partial charge is 0.352 e. The number of hydrogen-bond donors (Lipinski definition) is 2. The highest BCUT2D eigenvalue weighted by atomic mass is 16.2. The van der Waals surface area contributed by atoms with Crippen LogP contribution in [0, 0.1) is 11.8 Å². The average molecular weight is 237 g/mol. The minimum Gasteiger partial charge on any atom is -0.352 e. The summed E-state index contributed by atoms with van der Waals surface area (Å²) in [4.78, 5) is 14.3. The number of likely N-dealkylation sites (tertiary alicyclic amines) is 1. The minimum atomic E-state index is 0.162. The quantitative estimate of drug-likeness (QED) is 0.737. The fourth-order valence-corrected chi connectivity index (χ4v) is 3.45. The Labute approximate surface area is 103 Å². The van der Waals surface area contributed by atoms with Gasteiger partial charge in [0.1, 0.15) is 0 Å². The molecule has 3 aliphatic rings. The van der Waals surface area contributed by atoms with Gasteiger partial charge in [-0.15, -0.1) is 0 Å². The van der Waals surface area contributed by atoms with Crippen LogP contribution in [0.1, 0.15) is 26.7 Å². The Morgan fingerprint density at radius 1 is 1.41 bits per heavy atom. The van der Waals surface area contributed by atoms with Crippen molar-refractivity contribution in [3.8, 4) is 0 Å². The zero-order valence-electron chi connectivity index (χ0n) is 10.8. The van der Waals surface area contributed by atoms with Crippen LogP contribution in [0.25, 0.3) is 0 Å². The Kier molecular flexibility index (Phi) is 2.67. The summed E-state index contributed by atoms with van der Waals surface area (Å²) in [6.45, 7) is 8.46. The van der Waals surface area contributed by atoms with E-state index in [1.165, 1.54) is 12.8 Å². The van der Waals surface area contributed by atoms with Gasteiger partial charge >= 0.3 is 0 Å². The van der Waals surface area contributed by atoms with Gasteiger partial charge in [-0.3, -0.25) is 9.69 Å². The first-order valence-electron chi connectivity index (χ1n) is 6.82. The van der Waals surface area contributed by atoms with E-state index in [1.807, 2.05) is 0 Å². The molecular formula is C13H23N3O.